The Hall–Kier alpha value is -3.33. The molecule has 0 aliphatic rings. The molecule has 0 bridgehead atoms. The number of ether oxygens (including phenoxy) is 4. The molecule has 8 nitrogen and oxygen atoms in total. The fourth-order valence-electron chi connectivity index (χ4n) is 2.37. The van der Waals surface area contributed by atoms with Crippen LogP contribution in [-0.4, -0.2) is 45.5 Å². The number of nitrogens with one attached hydrogen (secondary N) is 2. The second-order valence-corrected chi connectivity index (χ2v) is 5.84. The monoisotopic (exact) mass is 404 g/mol. The number of carbonyl (C=O) groups excluding carboxylic acids is 2. The molecule has 0 aliphatic heterocycles. The first-order valence-electron chi connectivity index (χ1n) is 8.03. The fraction of sp³-hybridized carbons (Fsp3) is 0.211. The summed E-state index contributed by atoms with van der Waals surface area (Å²) in [5.74, 6) is -0.0143. The van der Waals surface area contributed by atoms with E-state index in [1.165, 1.54) is 39.5 Å². The number of esters is 2. The van der Waals surface area contributed by atoms with Crippen LogP contribution in [0.15, 0.2) is 36.4 Å². The Labute approximate surface area is 167 Å². The van der Waals surface area contributed by atoms with Crippen LogP contribution >= 0.6 is 12.2 Å². The number of benzene rings is 2. The molecule has 0 aliphatic carbocycles. The Kier molecular flexibility index (Phi) is 7.16. The van der Waals surface area contributed by atoms with E-state index in [9.17, 15) is 9.59 Å². The van der Waals surface area contributed by atoms with E-state index in [0.29, 0.717) is 22.9 Å². The minimum absolute atomic E-state index is 0.176. The van der Waals surface area contributed by atoms with Gasteiger partial charge < -0.3 is 29.6 Å². The molecule has 0 spiro atoms. The molecule has 0 saturated heterocycles. The zero-order valence-corrected chi connectivity index (χ0v) is 16.6. The summed E-state index contributed by atoms with van der Waals surface area (Å²) in [6, 6.07) is 9.60. The predicted octanol–water partition coefficient (Wildman–Crippen LogP) is 3.09. The smallest absolute Gasteiger partial charge is 0.337 e. The standard InChI is InChI=1S/C19H20N2O6S/c1-24-14-5-6-16(25-2)15(10-14)21-19(28)20-13-8-11(17(22)26-3)7-12(9-13)18(23)27-4/h5-10H,1-4H3,(H2,20,21,28). The maximum atomic E-state index is 11.9. The minimum atomic E-state index is -0.595. The fourth-order valence-corrected chi connectivity index (χ4v) is 2.60. The molecule has 0 aromatic heterocycles. The molecule has 2 rings (SSSR count). The lowest BCUT2D eigenvalue weighted by Gasteiger charge is -2.15. The average molecular weight is 404 g/mol. The van der Waals surface area contributed by atoms with Crippen LogP contribution in [0.2, 0.25) is 0 Å². The van der Waals surface area contributed by atoms with Gasteiger partial charge in [-0.2, -0.15) is 0 Å². The molecule has 0 atom stereocenters. The summed E-state index contributed by atoms with van der Waals surface area (Å²) in [4.78, 5) is 23.8. The molecular formula is C19H20N2O6S. The van der Waals surface area contributed by atoms with Gasteiger partial charge in [0.15, 0.2) is 5.11 Å². The number of methoxy groups -OCH3 is 4. The highest BCUT2D eigenvalue weighted by Gasteiger charge is 2.15. The van der Waals surface area contributed by atoms with Crippen molar-refractivity contribution in [2.24, 2.45) is 0 Å². The highest BCUT2D eigenvalue weighted by molar-refractivity contribution is 7.80. The van der Waals surface area contributed by atoms with Gasteiger partial charge in [-0.15, -0.1) is 0 Å². The van der Waals surface area contributed by atoms with E-state index in [2.05, 4.69) is 10.6 Å². The van der Waals surface area contributed by atoms with Crippen LogP contribution in [-0.2, 0) is 9.47 Å². The zero-order valence-electron chi connectivity index (χ0n) is 15.8. The third-order valence-electron chi connectivity index (χ3n) is 3.69. The lowest BCUT2D eigenvalue weighted by atomic mass is 10.1. The van der Waals surface area contributed by atoms with Gasteiger partial charge in [-0.1, -0.05) is 0 Å². The maximum absolute atomic E-state index is 11.9. The van der Waals surface area contributed by atoms with E-state index in [0.717, 1.165) is 0 Å². The predicted molar refractivity (Wildman–Crippen MR) is 109 cm³/mol. The molecule has 0 amide bonds. The van der Waals surface area contributed by atoms with Crippen LogP contribution in [0.25, 0.3) is 0 Å². The van der Waals surface area contributed by atoms with Gasteiger partial charge in [-0.05, 0) is 42.5 Å². The largest absolute Gasteiger partial charge is 0.497 e. The molecule has 0 fully saturated rings. The van der Waals surface area contributed by atoms with Crippen molar-refractivity contribution in [1.29, 1.82) is 0 Å². The Morgan fingerprint density at radius 1 is 0.821 bits per heavy atom. The quantitative estimate of drug-likeness (QED) is 0.556. The second kappa shape index (κ2) is 9.56. The van der Waals surface area contributed by atoms with Crippen LogP contribution < -0.4 is 20.1 Å². The lowest BCUT2D eigenvalue weighted by molar-refractivity contribution is 0.0599. The minimum Gasteiger partial charge on any atom is -0.497 e. The lowest BCUT2D eigenvalue weighted by Crippen LogP contribution is -2.20. The number of hydrogen-bond acceptors (Lipinski definition) is 7. The first-order chi connectivity index (χ1) is 13.4. The summed E-state index contributed by atoms with van der Waals surface area (Å²) in [7, 11) is 5.59. The van der Waals surface area contributed by atoms with Gasteiger partial charge >= 0.3 is 11.9 Å². The summed E-state index contributed by atoms with van der Waals surface area (Å²) in [6.07, 6.45) is 0. The van der Waals surface area contributed by atoms with Crippen molar-refractivity contribution >= 4 is 40.6 Å². The summed E-state index contributed by atoms with van der Waals surface area (Å²) in [5, 5.41) is 6.13. The molecule has 0 heterocycles. The summed E-state index contributed by atoms with van der Waals surface area (Å²) < 4.78 is 19.9. The Bertz CT molecular complexity index is 866. The van der Waals surface area contributed by atoms with Gasteiger partial charge in [-0.25, -0.2) is 9.59 Å². The summed E-state index contributed by atoms with van der Waals surface area (Å²) in [6.45, 7) is 0. The van der Waals surface area contributed by atoms with Crippen LogP contribution in [0.3, 0.4) is 0 Å². The summed E-state index contributed by atoms with van der Waals surface area (Å²) >= 11 is 5.33. The topological polar surface area (TPSA) is 95.1 Å². The molecular weight excluding hydrogens is 384 g/mol. The Morgan fingerprint density at radius 3 is 1.93 bits per heavy atom. The summed E-state index contributed by atoms with van der Waals surface area (Å²) in [5.41, 5.74) is 1.34. The van der Waals surface area contributed by atoms with Crippen molar-refractivity contribution in [3.63, 3.8) is 0 Å². The van der Waals surface area contributed by atoms with E-state index in [4.69, 9.17) is 31.2 Å². The van der Waals surface area contributed by atoms with Crippen molar-refractivity contribution in [3.05, 3.63) is 47.5 Å². The number of rotatable bonds is 6. The van der Waals surface area contributed by atoms with Crippen LogP contribution in [0.5, 0.6) is 11.5 Å². The van der Waals surface area contributed by atoms with Crippen molar-refractivity contribution in [2.75, 3.05) is 39.1 Å². The molecule has 148 valence electrons. The van der Waals surface area contributed by atoms with Crippen LogP contribution in [0.4, 0.5) is 11.4 Å². The van der Waals surface area contributed by atoms with E-state index in [-0.39, 0.29) is 16.2 Å². The van der Waals surface area contributed by atoms with Gasteiger partial charge in [0.25, 0.3) is 0 Å². The Balaban J connectivity index is 2.28. The normalized spacial score (nSPS) is 9.86. The first-order valence-corrected chi connectivity index (χ1v) is 8.44. The molecule has 0 saturated carbocycles. The van der Waals surface area contributed by atoms with E-state index in [1.54, 1.807) is 25.3 Å². The van der Waals surface area contributed by atoms with E-state index in [1.807, 2.05) is 0 Å². The van der Waals surface area contributed by atoms with E-state index >= 15 is 0 Å². The third-order valence-corrected chi connectivity index (χ3v) is 3.89. The molecule has 2 N–H and O–H groups in total. The molecule has 9 heteroatoms. The first kappa shape index (κ1) is 21.0. The van der Waals surface area contributed by atoms with Crippen molar-refractivity contribution < 1.29 is 28.5 Å². The third kappa shape index (κ3) is 5.10. The van der Waals surface area contributed by atoms with Crippen molar-refractivity contribution in [3.8, 4) is 11.5 Å². The zero-order chi connectivity index (χ0) is 20.7. The van der Waals surface area contributed by atoms with Gasteiger partial charge in [0, 0.05) is 11.8 Å². The Morgan fingerprint density at radius 2 is 1.43 bits per heavy atom. The van der Waals surface area contributed by atoms with Gasteiger partial charge in [-0.3, -0.25) is 0 Å². The van der Waals surface area contributed by atoms with E-state index < -0.39 is 11.9 Å². The number of thiocarbonyl (C=S) groups is 1. The number of hydrogen-bond donors (Lipinski definition) is 2. The number of anilines is 2. The van der Waals surface area contributed by atoms with Crippen molar-refractivity contribution in [1.82, 2.24) is 0 Å². The molecule has 2 aromatic carbocycles. The molecule has 28 heavy (non-hydrogen) atoms. The number of carbonyl (C=O) groups is 2. The highest BCUT2D eigenvalue weighted by atomic mass is 32.1. The second-order valence-electron chi connectivity index (χ2n) is 5.43. The molecule has 2 aromatic rings. The maximum Gasteiger partial charge on any atom is 0.337 e. The molecule has 0 unspecified atom stereocenters. The van der Waals surface area contributed by atoms with Crippen LogP contribution in [0, 0.1) is 0 Å². The average Bonchev–Trinajstić information content (AvgIpc) is 2.71. The molecule has 0 radical (unpaired) electrons. The van der Waals surface area contributed by atoms with Gasteiger partial charge in [0.2, 0.25) is 0 Å². The van der Waals surface area contributed by atoms with Crippen molar-refractivity contribution in [2.45, 2.75) is 0 Å². The van der Waals surface area contributed by atoms with Gasteiger partial charge in [0.05, 0.1) is 45.3 Å². The SMILES string of the molecule is COC(=O)c1cc(NC(=S)Nc2cc(OC)ccc2OC)cc(C(=O)OC)c1. The van der Waals surface area contributed by atoms with Crippen LogP contribution in [0.1, 0.15) is 20.7 Å². The van der Waals surface area contributed by atoms with Gasteiger partial charge in [0.1, 0.15) is 11.5 Å². The highest BCUT2D eigenvalue weighted by Crippen LogP contribution is 2.29.